The van der Waals surface area contributed by atoms with Crippen LogP contribution < -0.4 is 5.32 Å². The number of carbonyl (C=O) groups is 2. The Bertz CT molecular complexity index is 305. The molecule has 0 radical (unpaired) electrons. The highest BCUT2D eigenvalue weighted by molar-refractivity contribution is 5.85. The smallest absolute Gasteiger partial charge is 0.328 e. The third-order valence-electron chi connectivity index (χ3n) is 3.66. The van der Waals surface area contributed by atoms with Crippen molar-refractivity contribution >= 4 is 11.9 Å². The molecule has 5 nitrogen and oxygen atoms in total. The van der Waals surface area contributed by atoms with Crippen LogP contribution in [0.3, 0.4) is 0 Å². The lowest BCUT2D eigenvalue weighted by molar-refractivity contribution is -0.145. The maximum absolute atomic E-state index is 11.7. The SMILES string of the molecule is CC(O)C(NC(=O)C1CC2CC2C1)C(=O)O. The molecule has 0 spiro atoms. The van der Waals surface area contributed by atoms with E-state index in [9.17, 15) is 14.7 Å². The van der Waals surface area contributed by atoms with Gasteiger partial charge in [0.15, 0.2) is 6.04 Å². The third-order valence-corrected chi connectivity index (χ3v) is 3.66. The highest BCUT2D eigenvalue weighted by atomic mass is 16.4. The van der Waals surface area contributed by atoms with Crippen LogP contribution >= 0.6 is 0 Å². The van der Waals surface area contributed by atoms with Gasteiger partial charge in [0.2, 0.25) is 5.91 Å². The van der Waals surface area contributed by atoms with E-state index >= 15 is 0 Å². The predicted molar refractivity (Wildman–Crippen MR) is 55.6 cm³/mol. The molecule has 16 heavy (non-hydrogen) atoms. The van der Waals surface area contributed by atoms with Crippen LogP contribution in [0.4, 0.5) is 0 Å². The second-order valence-corrected chi connectivity index (χ2v) is 4.99. The Hall–Kier alpha value is -1.10. The molecule has 90 valence electrons. The first-order chi connectivity index (χ1) is 7.49. The molecule has 0 aromatic rings. The van der Waals surface area contributed by atoms with Crippen molar-refractivity contribution in [2.75, 3.05) is 0 Å². The maximum Gasteiger partial charge on any atom is 0.328 e. The first kappa shape index (κ1) is 11.4. The van der Waals surface area contributed by atoms with E-state index < -0.39 is 18.1 Å². The first-order valence-electron chi connectivity index (χ1n) is 5.70. The zero-order valence-corrected chi connectivity index (χ0v) is 9.22. The number of nitrogens with one attached hydrogen (secondary N) is 1. The Morgan fingerprint density at radius 3 is 2.25 bits per heavy atom. The number of hydrogen-bond acceptors (Lipinski definition) is 3. The van der Waals surface area contributed by atoms with Crippen molar-refractivity contribution in [3.05, 3.63) is 0 Å². The van der Waals surface area contributed by atoms with Crippen LogP contribution in [-0.4, -0.2) is 34.2 Å². The molecule has 5 heteroatoms. The highest BCUT2D eigenvalue weighted by Gasteiger charge is 2.48. The molecule has 2 saturated carbocycles. The third kappa shape index (κ3) is 2.19. The number of aliphatic hydroxyl groups excluding tert-OH is 1. The van der Waals surface area contributed by atoms with Gasteiger partial charge in [-0.15, -0.1) is 0 Å². The van der Waals surface area contributed by atoms with Gasteiger partial charge in [-0.2, -0.15) is 0 Å². The number of carbonyl (C=O) groups excluding carboxylic acids is 1. The zero-order valence-electron chi connectivity index (χ0n) is 9.22. The minimum absolute atomic E-state index is 0.0515. The number of rotatable bonds is 4. The quantitative estimate of drug-likeness (QED) is 0.630. The zero-order chi connectivity index (χ0) is 11.9. The lowest BCUT2D eigenvalue weighted by Crippen LogP contribution is -2.49. The standard InChI is InChI=1S/C11H17NO4/c1-5(13)9(11(15)16)12-10(14)8-3-6-2-7(6)4-8/h5-9,13H,2-4H2,1H3,(H,12,14)(H,15,16). The van der Waals surface area contributed by atoms with Crippen molar-refractivity contribution in [1.82, 2.24) is 5.32 Å². The molecule has 1 amide bonds. The Morgan fingerprint density at radius 1 is 1.25 bits per heavy atom. The summed E-state index contributed by atoms with van der Waals surface area (Å²) in [5.41, 5.74) is 0. The lowest BCUT2D eigenvalue weighted by atomic mass is 10.0. The highest BCUT2D eigenvalue weighted by Crippen LogP contribution is 2.54. The summed E-state index contributed by atoms with van der Waals surface area (Å²) < 4.78 is 0. The molecule has 2 aliphatic rings. The molecule has 0 aromatic heterocycles. The molecule has 2 aliphatic carbocycles. The normalized spacial score (nSPS) is 35.0. The number of amides is 1. The van der Waals surface area contributed by atoms with Crippen LogP contribution in [0.2, 0.25) is 0 Å². The Labute approximate surface area is 93.8 Å². The Kier molecular flexibility index (Phi) is 2.88. The molecule has 0 aliphatic heterocycles. The number of carboxylic acid groups (broad SMARTS) is 1. The van der Waals surface area contributed by atoms with E-state index in [1.807, 2.05) is 0 Å². The summed E-state index contributed by atoms with van der Waals surface area (Å²) in [6, 6.07) is -1.19. The number of aliphatic hydroxyl groups is 1. The summed E-state index contributed by atoms with van der Waals surface area (Å²) in [4.78, 5) is 22.5. The minimum atomic E-state index is -1.19. The molecule has 0 heterocycles. The average Bonchev–Trinajstić information content (AvgIpc) is 2.81. The predicted octanol–water partition coefficient (Wildman–Crippen LogP) is -0.0173. The van der Waals surface area contributed by atoms with Gasteiger partial charge in [0.25, 0.3) is 0 Å². The Balaban J connectivity index is 1.87. The number of aliphatic carboxylic acids is 1. The lowest BCUT2D eigenvalue weighted by Gasteiger charge is -2.20. The van der Waals surface area contributed by atoms with Crippen LogP contribution in [0.25, 0.3) is 0 Å². The van der Waals surface area contributed by atoms with Gasteiger partial charge in [0.1, 0.15) is 0 Å². The maximum atomic E-state index is 11.7. The van der Waals surface area contributed by atoms with E-state index in [0.717, 1.165) is 12.8 Å². The van der Waals surface area contributed by atoms with E-state index in [0.29, 0.717) is 11.8 Å². The number of hydrogen-bond donors (Lipinski definition) is 3. The molecule has 4 unspecified atom stereocenters. The van der Waals surface area contributed by atoms with Crippen LogP contribution in [0.5, 0.6) is 0 Å². The van der Waals surface area contributed by atoms with Crippen molar-refractivity contribution in [3.8, 4) is 0 Å². The van der Waals surface area contributed by atoms with Crippen molar-refractivity contribution < 1.29 is 19.8 Å². The molecule has 2 fully saturated rings. The van der Waals surface area contributed by atoms with Crippen LogP contribution in [-0.2, 0) is 9.59 Å². The van der Waals surface area contributed by atoms with Gasteiger partial charge in [-0.25, -0.2) is 4.79 Å². The van der Waals surface area contributed by atoms with E-state index in [-0.39, 0.29) is 11.8 Å². The van der Waals surface area contributed by atoms with Gasteiger partial charge in [-0.3, -0.25) is 4.79 Å². The largest absolute Gasteiger partial charge is 0.480 e. The summed E-state index contributed by atoms with van der Waals surface area (Å²) in [5.74, 6) is -0.0903. The van der Waals surface area contributed by atoms with Gasteiger partial charge in [0.05, 0.1) is 6.10 Å². The van der Waals surface area contributed by atoms with E-state index in [1.54, 1.807) is 0 Å². The Morgan fingerprint density at radius 2 is 1.81 bits per heavy atom. The van der Waals surface area contributed by atoms with Gasteiger partial charge in [0, 0.05) is 5.92 Å². The molecular formula is C11H17NO4. The molecule has 0 aromatic carbocycles. The number of fused-ring (bicyclic) bond motifs is 1. The molecule has 0 bridgehead atoms. The van der Waals surface area contributed by atoms with Crippen molar-refractivity contribution in [2.24, 2.45) is 17.8 Å². The van der Waals surface area contributed by atoms with Crippen molar-refractivity contribution in [2.45, 2.75) is 38.3 Å². The topological polar surface area (TPSA) is 86.6 Å². The second kappa shape index (κ2) is 4.05. The van der Waals surface area contributed by atoms with Gasteiger partial charge < -0.3 is 15.5 Å². The summed E-state index contributed by atoms with van der Waals surface area (Å²) in [6.07, 6.45) is 1.91. The molecule has 0 saturated heterocycles. The fourth-order valence-corrected chi connectivity index (χ4v) is 2.59. The number of carboxylic acids is 1. The van der Waals surface area contributed by atoms with Gasteiger partial charge in [-0.1, -0.05) is 0 Å². The van der Waals surface area contributed by atoms with E-state index in [1.165, 1.54) is 13.3 Å². The molecule has 4 atom stereocenters. The molecule has 2 rings (SSSR count). The second-order valence-electron chi connectivity index (χ2n) is 4.99. The van der Waals surface area contributed by atoms with Crippen LogP contribution in [0.15, 0.2) is 0 Å². The van der Waals surface area contributed by atoms with Crippen molar-refractivity contribution in [1.29, 1.82) is 0 Å². The fourth-order valence-electron chi connectivity index (χ4n) is 2.59. The molecule has 3 N–H and O–H groups in total. The van der Waals surface area contributed by atoms with Gasteiger partial charge >= 0.3 is 5.97 Å². The average molecular weight is 227 g/mol. The minimum Gasteiger partial charge on any atom is -0.480 e. The van der Waals surface area contributed by atoms with Crippen LogP contribution in [0, 0.1) is 17.8 Å². The summed E-state index contributed by atoms with van der Waals surface area (Å²) in [7, 11) is 0. The monoisotopic (exact) mass is 227 g/mol. The molecular weight excluding hydrogens is 210 g/mol. The van der Waals surface area contributed by atoms with Crippen LogP contribution in [0.1, 0.15) is 26.2 Å². The van der Waals surface area contributed by atoms with E-state index in [4.69, 9.17) is 5.11 Å². The van der Waals surface area contributed by atoms with E-state index in [2.05, 4.69) is 5.32 Å². The summed E-state index contributed by atoms with van der Waals surface area (Å²) in [6.45, 7) is 1.37. The fraction of sp³-hybridized carbons (Fsp3) is 0.818. The van der Waals surface area contributed by atoms with Gasteiger partial charge in [-0.05, 0) is 38.0 Å². The summed E-state index contributed by atoms with van der Waals surface area (Å²) in [5, 5.41) is 20.5. The first-order valence-corrected chi connectivity index (χ1v) is 5.70. The summed E-state index contributed by atoms with van der Waals surface area (Å²) >= 11 is 0. The van der Waals surface area contributed by atoms with Crippen molar-refractivity contribution in [3.63, 3.8) is 0 Å².